The van der Waals surface area contributed by atoms with Gasteiger partial charge in [-0.15, -0.1) is 6.58 Å². The van der Waals surface area contributed by atoms with Crippen LogP contribution in [0.1, 0.15) is 29.7 Å². The number of allylic oxidation sites excluding steroid dienone is 1. The molecule has 5 heteroatoms. The Morgan fingerprint density at radius 1 is 1.37 bits per heavy atom. The smallest absolute Gasteiger partial charge is 0.262 e. The highest BCUT2D eigenvalue weighted by molar-refractivity contribution is 6.02. The minimum absolute atomic E-state index is 0.0233. The Kier molecular flexibility index (Phi) is 6.79. The minimum atomic E-state index is -0.467. The summed E-state index contributed by atoms with van der Waals surface area (Å²) < 4.78 is 5.17. The lowest BCUT2D eigenvalue weighted by atomic mass is 10.0. The molecule has 0 aliphatic rings. The number of nitriles is 1. The third kappa shape index (κ3) is 4.99. The van der Waals surface area contributed by atoms with Crippen LogP contribution in [0.2, 0.25) is 0 Å². The van der Waals surface area contributed by atoms with Gasteiger partial charge in [-0.2, -0.15) is 5.26 Å². The second kappa shape index (κ2) is 9.25. The zero-order valence-corrected chi connectivity index (χ0v) is 15.4. The average Bonchev–Trinajstić information content (AvgIpc) is 2.68. The number of ether oxygens (including phenoxy) is 1. The molecule has 0 fully saturated rings. The summed E-state index contributed by atoms with van der Waals surface area (Å²) in [4.78, 5) is 12.5. The number of nitrogens with one attached hydrogen (secondary N) is 1. The first-order chi connectivity index (χ1) is 13.0. The van der Waals surface area contributed by atoms with Crippen molar-refractivity contribution in [2.75, 3.05) is 7.11 Å². The van der Waals surface area contributed by atoms with Crippen molar-refractivity contribution in [3.05, 3.63) is 77.4 Å². The van der Waals surface area contributed by atoms with Crippen molar-refractivity contribution in [2.45, 2.75) is 19.4 Å². The Labute approximate surface area is 159 Å². The average molecular weight is 362 g/mol. The molecule has 138 valence electrons. The molecule has 0 aromatic heterocycles. The molecule has 0 aliphatic heterocycles. The Bertz CT molecular complexity index is 896. The van der Waals surface area contributed by atoms with Crippen molar-refractivity contribution >= 4 is 12.0 Å². The molecule has 1 amide bonds. The number of nitrogens with zero attached hydrogens (tertiary/aromatic N) is 1. The third-order valence-electron chi connectivity index (χ3n) is 4.08. The fourth-order valence-electron chi connectivity index (χ4n) is 2.65. The van der Waals surface area contributed by atoms with E-state index in [-0.39, 0.29) is 23.1 Å². The predicted octanol–water partition coefficient (Wildman–Crippen LogP) is 3.91. The third-order valence-corrected chi connectivity index (χ3v) is 4.08. The zero-order valence-electron chi connectivity index (χ0n) is 15.4. The van der Waals surface area contributed by atoms with E-state index in [2.05, 4.69) is 11.9 Å². The van der Waals surface area contributed by atoms with Crippen LogP contribution >= 0.6 is 0 Å². The quantitative estimate of drug-likeness (QED) is 0.444. The molecule has 2 aromatic rings. The molecule has 0 aliphatic carbocycles. The molecule has 5 nitrogen and oxygen atoms in total. The molecular weight excluding hydrogens is 340 g/mol. The molecule has 2 aromatic carbocycles. The van der Waals surface area contributed by atoms with Gasteiger partial charge in [-0.1, -0.05) is 36.4 Å². The van der Waals surface area contributed by atoms with Gasteiger partial charge in [-0.3, -0.25) is 4.79 Å². The molecule has 0 radical (unpaired) electrons. The molecular formula is C22H22N2O3. The highest BCUT2D eigenvalue weighted by atomic mass is 16.5. The molecule has 0 bridgehead atoms. The van der Waals surface area contributed by atoms with E-state index in [0.717, 1.165) is 5.56 Å². The lowest BCUT2D eigenvalue weighted by Crippen LogP contribution is -2.27. The number of hydrogen-bond acceptors (Lipinski definition) is 4. The van der Waals surface area contributed by atoms with E-state index in [1.165, 1.54) is 13.2 Å². The van der Waals surface area contributed by atoms with Gasteiger partial charge in [0.05, 0.1) is 13.2 Å². The first kappa shape index (κ1) is 19.8. The second-order valence-electron chi connectivity index (χ2n) is 6.00. The molecule has 0 unspecified atom stereocenters. The van der Waals surface area contributed by atoms with E-state index < -0.39 is 5.91 Å². The van der Waals surface area contributed by atoms with Crippen molar-refractivity contribution in [1.29, 1.82) is 5.26 Å². The normalized spacial score (nSPS) is 12.0. The standard InChI is InChI=1S/C22H22N2O3/c1-4-8-18-11-16(13-20(27-3)21(18)25)12-19(14-23)22(26)24-15(2)17-9-6-5-7-10-17/h4-7,9-13,15,25H,1,8H2,2-3H3,(H,24,26)/b19-12+/t15-/m1/s1. The molecule has 0 heterocycles. The van der Waals surface area contributed by atoms with Crippen LogP contribution in [0.4, 0.5) is 0 Å². The van der Waals surface area contributed by atoms with Gasteiger partial charge >= 0.3 is 0 Å². The van der Waals surface area contributed by atoms with E-state index in [0.29, 0.717) is 17.5 Å². The van der Waals surface area contributed by atoms with E-state index >= 15 is 0 Å². The van der Waals surface area contributed by atoms with Gasteiger partial charge in [0.1, 0.15) is 11.6 Å². The summed E-state index contributed by atoms with van der Waals surface area (Å²) >= 11 is 0. The Hall–Kier alpha value is -3.52. The Balaban J connectivity index is 2.29. The minimum Gasteiger partial charge on any atom is -0.504 e. The number of carbonyl (C=O) groups excluding carboxylic acids is 1. The maximum absolute atomic E-state index is 12.5. The monoisotopic (exact) mass is 362 g/mol. The highest BCUT2D eigenvalue weighted by Gasteiger charge is 2.15. The predicted molar refractivity (Wildman–Crippen MR) is 105 cm³/mol. The first-order valence-corrected chi connectivity index (χ1v) is 8.48. The molecule has 0 spiro atoms. The molecule has 0 saturated carbocycles. The van der Waals surface area contributed by atoms with Crippen molar-refractivity contribution in [1.82, 2.24) is 5.32 Å². The van der Waals surface area contributed by atoms with Crippen LogP contribution in [0.5, 0.6) is 11.5 Å². The topological polar surface area (TPSA) is 82.4 Å². The van der Waals surface area contributed by atoms with E-state index in [4.69, 9.17) is 4.74 Å². The number of aromatic hydroxyl groups is 1. The van der Waals surface area contributed by atoms with Gasteiger partial charge in [0.2, 0.25) is 0 Å². The summed E-state index contributed by atoms with van der Waals surface area (Å²) in [5, 5.41) is 22.4. The number of phenols is 1. The lowest BCUT2D eigenvalue weighted by molar-refractivity contribution is -0.117. The zero-order chi connectivity index (χ0) is 19.8. The van der Waals surface area contributed by atoms with Crippen LogP contribution in [0.3, 0.4) is 0 Å². The molecule has 1 atom stereocenters. The number of rotatable bonds is 7. The summed E-state index contributed by atoms with van der Waals surface area (Å²) in [5.41, 5.74) is 2.10. The van der Waals surface area contributed by atoms with Gasteiger partial charge in [0, 0.05) is 5.56 Å². The highest BCUT2D eigenvalue weighted by Crippen LogP contribution is 2.32. The van der Waals surface area contributed by atoms with Gasteiger partial charge in [-0.25, -0.2) is 0 Å². The van der Waals surface area contributed by atoms with Crippen LogP contribution in [0.25, 0.3) is 6.08 Å². The molecule has 27 heavy (non-hydrogen) atoms. The second-order valence-corrected chi connectivity index (χ2v) is 6.00. The summed E-state index contributed by atoms with van der Waals surface area (Å²) in [6, 6.07) is 14.5. The largest absolute Gasteiger partial charge is 0.504 e. The Morgan fingerprint density at radius 2 is 2.07 bits per heavy atom. The molecule has 2 N–H and O–H groups in total. The van der Waals surface area contributed by atoms with Crippen LogP contribution in [0.15, 0.2) is 60.7 Å². The summed E-state index contributed by atoms with van der Waals surface area (Å²) in [5.74, 6) is -0.169. The van der Waals surface area contributed by atoms with Crippen LogP contribution in [0, 0.1) is 11.3 Å². The number of amides is 1. The lowest BCUT2D eigenvalue weighted by Gasteiger charge is -2.14. The number of carbonyl (C=O) groups is 1. The fraction of sp³-hybridized carbons (Fsp3) is 0.182. The number of methoxy groups -OCH3 is 1. The SMILES string of the molecule is C=CCc1cc(/C=C(\C#N)C(=O)N[C@H](C)c2ccccc2)cc(OC)c1O. The summed E-state index contributed by atoms with van der Waals surface area (Å²) in [6.45, 7) is 5.52. The van der Waals surface area contributed by atoms with Crippen molar-refractivity contribution < 1.29 is 14.6 Å². The molecule has 0 saturated heterocycles. The van der Waals surface area contributed by atoms with Gasteiger partial charge in [-0.05, 0) is 42.7 Å². The van der Waals surface area contributed by atoms with Gasteiger partial charge in [0.15, 0.2) is 11.5 Å². The summed E-state index contributed by atoms with van der Waals surface area (Å²) in [7, 11) is 1.44. The number of phenolic OH excluding ortho intramolecular Hbond substituents is 1. The van der Waals surface area contributed by atoms with Gasteiger partial charge < -0.3 is 15.2 Å². The van der Waals surface area contributed by atoms with Crippen LogP contribution < -0.4 is 10.1 Å². The van der Waals surface area contributed by atoms with Crippen molar-refractivity contribution in [3.63, 3.8) is 0 Å². The van der Waals surface area contributed by atoms with Crippen LogP contribution in [-0.2, 0) is 11.2 Å². The fourth-order valence-corrected chi connectivity index (χ4v) is 2.65. The first-order valence-electron chi connectivity index (χ1n) is 8.48. The van der Waals surface area contributed by atoms with Crippen molar-refractivity contribution in [2.24, 2.45) is 0 Å². The van der Waals surface area contributed by atoms with Gasteiger partial charge in [0.25, 0.3) is 5.91 Å². The number of hydrogen-bond donors (Lipinski definition) is 2. The number of benzene rings is 2. The van der Waals surface area contributed by atoms with E-state index in [1.807, 2.05) is 43.3 Å². The Morgan fingerprint density at radius 3 is 2.67 bits per heavy atom. The summed E-state index contributed by atoms with van der Waals surface area (Å²) in [6.07, 6.45) is 3.56. The van der Waals surface area contributed by atoms with E-state index in [1.54, 1.807) is 18.2 Å². The maximum Gasteiger partial charge on any atom is 0.262 e. The molecule has 2 rings (SSSR count). The van der Waals surface area contributed by atoms with E-state index in [9.17, 15) is 15.2 Å². The maximum atomic E-state index is 12.5. The van der Waals surface area contributed by atoms with Crippen LogP contribution in [-0.4, -0.2) is 18.1 Å². The van der Waals surface area contributed by atoms with Crippen molar-refractivity contribution in [3.8, 4) is 17.6 Å².